The Morgan fingerprint density at radius 1 is 1.33 bits per heavy atom. The summed E-state index contributed by atoms with van der Waals surface area (Å²) in [6.07, 6.45) is 0.776. The van der Waals surface area contributed by atoms with Gasteiger partial charge in [-0.1, -0.05) is 13.8 Å². The largest absolute Gasteiger partial charge is 0.496 e. The molecule has 12 heavy (non-hydrogen) atoms. The second-order valence-electron chi connectivity index (χ2n) is 2.63. The summed E-state index contributed by atoms with van der Waals surface area (Å²) in [5.41, 5.74) is 0. The molecule has 0 aromatic rings. The van der Waals surface area contributed by atoms with E-state index in [4.69, 9.17) is 4.52 Å². The molecule has 0 aliphatic carbocycles. The molecule has 4 nitrogen and oxygen atoms in total. The summed E-state index contributed by atoms with van der Waals surface area (Å²) in [4.78, 5) is 0. The molecule has 0 unspecified atom stereocenters. The Morgan fingerprint density at radius 2 is 1.83 bits per heavy atom. The van der Waals surface area contributed by atoms with Crippen LogP contribution in [0.2, 0.25) is 0 Å². The van der Waals surface area contributed by atoms with Crippen molar-refractivity contribution >= 4 is 33.6 Å². The van der Waals surface area contributed by atoms with E-state index in [1.807, 2.05) is 13.8 Å². The van der Waals surface area contributed by atoms with Crippen molar-refractivity contribution in [1.82, 2.24) is 0 Å². The third-order valence-corrected chi connectivity index (χ3v) is 3.24. The second-order valence-corrected chi connectivity index (χ2v) is 5.09. The van der Waals surface area contributed by atoms with Crippen molar-refractivity contribution < 1.29 is 17.0 Å². The van der Waals surface area contributed by atoms with Crippen LogP contribution in [-0.2, 0) is 17.0 Å². The molecule has 0 saturated heterocycles. The second kappa shape index (κ2) is 6.29. The number of rotatable bonds is 6. The van der Waals surface area contributed by atoms with E-state index in [0.717, 1.165) is 6.42 Å². The van der Waals surface area contributed by atoms with Crippen LogP contribution in [0.4, 0.5) is 0 Å². The highest BCUT2D eigenvalue weighted by atomic mass is 32.1. The Kier molecular flexibility index (Phi) is 6.72. The van der Waals surface area contributed by atoms with Crippen LogP contribution < -0.4 is 0 Å². The Morgan fingerprint density at radius 3 is 2.17 bits per heavy atom. The van der Waals surface area contributed by atoms with Gasteiger partial charge in [-0.15, -0.1) is 0 Å². The molecule has 0 N–H and O–H groups in total. The lowest BCUT2D eigenvalue weighted by molar-refractivity contribution is 0.216. The zero-order valence-corrected chi connectivity index (χ0v) is 9.65. The normalized spacial score (nSPS) is 12.4. The minimum atomic E-state index is -3.51. The highest BCUT2D eigenvalue weighted by molar-refractivity contribution is 7.85. The quantitative estimate of drug-likeness (QED) is 0.420. The van der Waals surface area contributed by atoms with Crippen molar-refractivity contribution in [2.24, 2.45) is 5.92 Å². The van der Waals surface area contributed by atoms with Crippen molar-refractivity contribution in [3.05, 3.63) is 0 Å². The fourth-order valence-corrected chi connectivity index (χ4v) is 1.56. The van der Waals surface area contributed by atoms with Gasteiger partial charge in [-0.05, 0) is 38.2 Å². The third-order valence-electron chi connectivity index (χ3n) is 1.14. The minimum absolute atomic E-state index is 0.302. The first-order chi connectivity index (χ1) is 5.54. The number of hydrogen-bond acceptors (Lipinski definition) is 6. The van der Waals surface area contributed by atoms with E-state index in [-0.39, 0.29) is 0 Å². The molecular formula is C5H13O4PS2. The maximum Gasteiger partial charge on any atom is 0.496 e. The molecule has 0 aliphatic rings. The lowest BCUT2D eigenvalue weighted by Crippen LogP contribution is -1.97. The Bertz CT molecular complexity index is 156. The van der Waals surface area contributed by atoms with Gasteiger partial charge in [0.15, 0.2) is 0 Å². The summed E-state index contributed by atoms with van der Waals surface area (Å²) >= 11 is 6.69. The van der Waals surface area contributed by atoms with Gasteiger partial charge in [-0.25, -0.2) is 12.5 Å². The van der Waals surface area contributed by atoms with Crippen LogP contribution >= 0.6 is 33.6 Å². The number of thiol groups is 2. The van der Waals surface area contributed by atoms with Crippen LogP contribution in [0.15, 0.2) is 0 Å². The van der Waals surface area contributed by atoms with Crippen molar-refractivity contribution in [3.63, 3.8) is 0 Å². The Balaban J connectivity index is 3.67. The predicted molar refractivity (Wildman–Crippen MR) is 53.2 cm³/mol. The van der Waals surface area contributed by atoms with E-state index in [1.165, 1.54) is 0 Å². The van der Waals surface area contributed by atoms with E-state index >= 15 is 0 Å². The standard InChI is InChI=1S/C5H13O4PS2/c1-5(2)3-4-7-10(6,8-11)9-12/h5,11-12H,3-4H2,1-2H3. The van der Waals surface area contributed by atoms with Gasteiger partial charge in [0.05, 0.1) is 6.61 Å². The molecule has 0 rings (SSSR count). The van der Waals surface area contributed by atoms with Crippen LogP contribution in [0.1, 0.15) is 20.3 Å². The van der Waals surface area contributed by atoms with Gasteiger partial charge in [-0.2, -0.15) is 0 Å². The minimum Gasteiger partial charge on any atom is -0.286 e. The summed E-state index contributed by atoms with van der Waals surface area (Å²) in [7, 11) is -3.51. The molecule has 0 atom stereocenters. The molecule has 0 spiro atoms. The highest BCUT2D eigenvalue weighted by Crippen LogP contribution is 2.51. The van der Waals surface area contributed by atoms with Crippen molar-refractivity contribution in [3.8, 4) is 0 Å². The van der Waals surface area contributed by atoms with Gasteiger partial charge in [0.1, 0.15) is 0 Å². The molecule has 0 fully saturated rings. The first-order valence-electron chi connectivity index (χ1n) is 3.45. The summed E-state index contributed by atoms with van der Waals surface area (Å²) in [6.45, 7) is 4.35. The van der Waals surface area contributed by atoms with E-state index < -0.39 is 7.82 Å². The van der Waals surface area contributed by atoms with Crippen molar-refractivity contribution in [2.45, 2.75) is 20.3 Å². The molecule has 0 amide bonds. The summed E-state index contributed by atoms with van der Waals surface area (Å²) in [5, 5.41) is 0. The third kappa shape index (κ3) is 5.45. The average Bonchev–Trinajstić information content (AvgIpc) is 2.03. The number of hydrogen-bond donors (Lipinski definition) is 2. The Labute approximate surface area is 83.8 Å². The molecule has 0 aromatic carbocycles. The molecule has 0 radical (unpaired) electrons. The molecular weight excluding hydrogens is 219 g/mol. The fraction of sp³-hybridized carbons (Fsp3) is 1.00. The summed E-state index contributed by atoms with van der Waals surface area (Å²) in [6, 6.07) is 0. The summed E-state index contributed by atoms with van der Waals surface area (Å²) < 4.78 is 24.3. The fourth-order valence-electron chi connectivity index (χ4n) is 0.462. The monoisotopic (exact) mass is 232 g/mol. The smallest absolute Gasteiger partial charge is 0.286 e. The SMILES string of the molecule is CC(C)CCOP(=O)(OS)OS. The lowest BCUT2D eigenvalue weighted by atomic mass is 10.2. The maximum absolute atomic E-state index is 11.1. The predicted octanol–water partition coefficient (Wildman–Crippen LogP) is 2.88. The van der Waals surface area contributed by atoms with Gasteiger partial charge >= 0.3 is 7.82 Å². The van der Waals surface area contributed by atoms with Crippen molar-refractivity contribution in [1.29, 1.82) is 0 Å². The van der Waals surface area contributed by atoms with Gasteiger partial charge in [0.2, 0.25) is 0 Å². The molecule has 0 bridgehead atoms. The first kappa shape index (κ1) is 12.8. The molecule has 0 aromatic heterocycles. The topological polar surface area (TPSA) is 44.8 Å². The molecule has 7 heteroatoms. The number of phosphoric acid groups is 1. The van der Waals surface area contributed by atoms with Crippen LogP contribution in [-0.4, -0.2) is 6.61 Å². The van der Waals surface area contributed by atoms with Gasteiger partial charge in [-0.3, -0.25) is 4.52 Å². The average molecular weight is 232 g/mol. The zero-order valence-electron chi connectivity index (χ0n) is 6.97. The van der Waals surface area contributed by atoms with Gasteiger partial charge in [0.25, 0.3) is 0 Å². The molecule has 0 aliphatic heterocycles. The van der Waals surface area contributed by atoms with Gasteiger partial charge in [0, 0.05) is 0 Å². The first-order valence-corrected chi connectivity index (χ1v) is 5.64. The van der Waals surface area contributed by atoms with Crippen LogP contribution in [0.25, 0.3) is 0 Å². The van der Waals surface area contributed by atoms with Crippen LogP contribution in [0.3, 0.4) is 0 Å². The van der Waals surface area contributed by atoms with E-state index in [1.54, 1.807) is 0 Å². The highest BCUT2D eigenvalue weighted by Gasteiger charge is 2.24. The van der Waals surface area contributed by atoms with E-state index in [0.29, 0.717) is 12.5 Å². The van der Waals surface area contributed by atoms with Crippen molar-refractivity contribution in [2.75, 3.05) is 6.61 Å². The van der Waals surface area contributed by atoms with Crippen LogP contribution in [0.5, 0.6) is 0 Å². The zero-order chi connectivity index (χ0) is 9.61. The maximum atomic E-state index is 11.1. The van der Waals surface area contributed by atoms with E-state index in [2.05, 4.69) is 33.8 Å². The van der Waals surface area contributed by atoms with Gasteiger partial charge < -0.3 is 0 Å². The Hall–Kier alpha value is 0.810. The molecule has 0 saturated carbocycles. The molecule has 74 valence electrons. The molecule has 0 heterocycles. The van der Waals surface area contributed by atoms with Crippen LogP contribution in [0, 0.1) is 5.92 Å². The lowest BCUT2D eigenvalue weighted by Gasteiger charge is -2.11. The summed E-state index contributed by atoms with van der Waals surface area (Å²) in [5.74, 6) is 0.471. The van der Waals surface area contributed by atoms with E-state index in [9.17, 15) is 4.57 Å².